The summed E-state index contributed by atoms with van der Waals surface area (Å²) in [6, 6.07) is 5.06. The molecule has 1 aromatic rings. The number of carbonyl (C=O) groups is 2. The van der Waals surface area contributed by atoms with Gasteiger partial charge in [0, 0.05) is 24.8 Å². The number of anilines is 1. The van der Waals surface area contributed by atoms with E-state index in [1.807, 2.05) is 20.8 Å². The number of amides is 2. The van der Waals surface area contributed by atoms with Crippen LogP contribution in [0.25, 0.3) is 0 Å². The van der Waals surface area contributed by atoms with E-state index < -0.39 is 5.97 Å². The maximum atomic E-state index is 12.6. The Bertz CT molecular complexity index is 540. The van der Waals surface area contributed by atoms with Crippen LogP contribution in [0.15, 0.2) is 18.2 Å². The van der Waals surface area contributed by atoms with Crippen LogP contribution in [0.2, 0.25) is 0 Å². The summed E-state index contributed by atoms with van der Waals surface area (Å²) in [6.45, 7) is 7.15. The summed E-state index contributed by atoms with van der Waals surface area (Å²) in [5, 5.41) is 9.07. The van der Waals surface area contributed by atoms with Gasteiger partial charge in [-0.25, -0.2) is 9.59 Å². The molecule has 0 bridgehead atoms. The quantitative estimate of drug-likeness (QED) is 0.923. The van der Waals surface area contributed by atoms with Crippen LogP contribution in [-0.2, 0) is 6.42 Å². The number of hydrogen-bond donors (Lipinski definition) is 1. The van der Waals surface area contributed by atoms with Crippen LogP contribution < -0.4 is 4.90 Å². The summed E-state index contributed by atoms with van der Waals surface area (Å²) >= 11 is 0. The first-order chi connectivity index (χ1) is 9.45. The average molecular weight is 276 g/mol. The number of hydrogen-bond acceptors (Lipinski definition) is 2. The summed E-state index contributed by atoms with van der Waals surface area (Å²) in [5.74, 6) is -0.969. The Morgan fingerprint density at radius 2 is 2.10 bits per heavy atom. The van der Waals surface area contributed by atoms with Gasteiger partial charge < -0.3 is 10.0 Å². The molecule has 1 N–H and O–H groups in total. The van der Waals surface area contributed by atoms with E-state index in [-0.39, 0.29) is 17.6 Å². The van der Waals surface area contributed by atoms with Gasteiger partial charge >= 0.3 is 12.0 Å². The molecular formula is C15H20N2O3. The summed E-state index contributed by atoms with van der Waals surface area (Å²) in [4.78, 5) is 27.1. The third kappa shape index (κ3) is 2.48. The lowest BCUT2D eigenvalue weighted by molar-refractivity contribution is 0.0697. The van der Waals surface area contributed by atoms with Crippen molar-refractivity contribution in [2.24, 2.45) is 0 Å². The Hall–Kier alpha value is -2.04. The van der Waals surface area contributed by atoms with E-state index in [0.717, 1.165) is 17.7 Å². The maximum absolute atomic E-state index is 12.6. The van der Waals surface area contributed by atoms with Crippen molar-refractivity contribution in [2.75, 3.05) is 18.0 Å². The number of aromatic carboxylic acids is 1. The van der Waals surface area contributed by atoms with Gasteiger partial charge in [0.2, 0.25) is 0 Å². The van der Waals surface area contributed by atoms with E-state index >= 15 is 0 Å². The lowest BCUT2D eigenvalue weighted by Crippen LogP contribution is -2.45. The summed E-state index contributed by atoms with van der Waals surface area (Å²) < 4.78 is 0. The third-order valence-electron chi connectivity index (χ3n) is 3.67. The maximum Gasteiger partial charge on any atom is 0.335 e. The lowest BCUT2D eigenvalue weighted by Gasteiger charge is -2.30. The van der Waals surface area contributed by atoms with E-state index in [2.05, 4.69) is 0 Å². The molecule has 5 nitrogen and oxygen atoms in total. The van der Waals surface area contributed by atoms with E-state index in [1.165, 1.54) is 0 Å². The molecule has 0 unspecified atom stereocenters. The Morgan fingerprint density at radius 3 is 2.65 bits per heavy atom. The number of rotatable bonds is 3. The van der Waals surface area contributed by atoms with Crippen molar-refractivity contribution in [3.8, 4) is 0 Å². The second kappa shape index (κ2) is 5.53. The van der Waals surface area contributed by atoms with Crippen LogP contribution in [-0.4, -0.2) is 41.1 Å². The van der Waals surface area contributed by atoms with Crippen molar-refractivity contribution in [2.45, 2.75) is 33.2 Å². The minimum atomic E-state index is -0.969. The van der Waals surface area contributed by atoms with Gasteiger partial charge in [0.1, 0.15) is 0 Å². The van der Waals surface area contributed by atoms with Crippen LogP contribution >= 0.6 is 0 Å². The van der Waals surface area contributed by atoms with Crippen LogP contribution in [0.5, 0.6) is 0 Å². The smallest absolute Gasteiger partial charge is 0.335 e. The predicted molar refractivity (Wildman–Crippen MR) is 77.4 cm³/mol. The van der Waals surface area contributed by atoms with Gasteiger partial charge in [0.05, 0.1) is 5.56 Å². The molecule has 1 aliphatic heterocycles. The largest absolute Gasteiger partial charge is 0.478 e. The Labute approximate surface area is 118 Å². The molecule has 0 fully saturated rings. The normalized spacial score (nSPS) is 13.5. The molecule has 0 saturated carbocycles. The van der Waals surface area contributed by atoms with E-state index in [1.54, 1.807) is 28.0 Å². The van der Waals surface area contributed by atoms with E-state index in [0.29, 0.717) is 13.1 Å². The van der Waals surface area contributed by atoms with Crippen molar-refractivity contribution in [3.63, 3.8) is 0 Å². The molecule has 108 valence electrons. The van der Waals surface area contributed by atoms with Crippen molar-refractivity contribution in [3.05, 3.63) is 29.3 Å². The van der Waals surface area contributed by atoms with Gasteiger partial charge in [-0.15, -0.1) is 0 Å². The molecule has 0 spiro atoms. The van der Waals surface area contributed by atoms with Crippen molar-refractivity contribution < 1.29 is 14.7 Å². The molecule has 0 radical (unpaired) electrons. The number of urea groups is 1. The fraction of sp³-hybridized carbons (Fsp3) is 0.467. The van der Waals surface area contributed by atoms with Gasteiger partial charge in [0.25, 0.3) is 0 Å². The first-order valence-electron chi connectivity index (χ1n) is 6.90. The van der Waals surface area contributed by atoms with Crippen molar-refractivity contribution >= 4 is 17.7 Å². The molecule has 1 heterocycles. The average Bonchev–Trinajstić information content (AvgIpc) is 2.81. The minimum Gasteiger partial charge on any atom is -0.478 e. The number of carbonyl (C=O) groups excluding carboxylic acids is 1. The Morgan fingerprint density at radius 1 is 1.40 bits per heavy atom. The standard InChI is InChI=1S/C15H20N2O3/c1-4-16(10(2)3)15(20)17-8-7-11-5-6-12(14(18)19)9-13(11)17/h5-6,9-10H,4,7-8H2,1-3H3,(H,18,19). The molecule has 2 amide bonds. The van der Waals surface area contributed by atoms with Crippen LogP contribution in [0.1, 0.15) is 36.7 Å². The van der Waals surface area contributed by atoms with Gasteiger partial charge in [-0.2, -0.15) is 0 Å². The van der Waals surface area contributed by atoms with Gasteiger partial charge in [-0.05, 0) is 44.9 Å². The molecule has 1 aromatic carbocycles. The highest BCUT2D eigenvalue weighted by Crippen LogP contribution is 2.30. The van der Waals surface area contributed by atoms with Crippen molar-refractivity contribution in [1.29, 1.82) is 0 Å². The summed E-state index contributed by atoms with van der Waals surface area (Å²) in [6.07, 6.45) is 0.774. The summed E-state index contributed by atoms with van der Waals surface area (Å²) in [7, 11) is 0. The number of nitrogens with zero attached hydrogens (tertiary/aromatic N) is 2. The summed E-state index contributed by atoms with van der Waals surface area (Å²) in [5.41, 5.74) is 1.98. The van der Waals surface area contributed by atoms with Crippen LogP contribution in [0.3, 0.4) is 0 Å². The topological polar surface area (TPSA) is 60.9 Å². The monoisotopic (exact) mass is 276 g/mol. The highest BCUT2D eigenvalue weighted by molar-refractivity contribution is 5.97. The Kier molecular flexibility index (Phi) is 3.97. The zero-order valence-corrected chi connectivity index (χ0v) is 12.1. The highest BCUT2D eigenvalue weighted by atomic mass is 16.4. The third-order valence-corrected chi connectivity index (χ3v) is 3.67. The molecular weight excluding hydrogens is 256 g/mol. The first-order valence-corrected chi connectivity index (χ1v) is 6.90. The Balaban J connectivity index is 2.33. The van der Waals surface area contributed by atoms with Gasteiger partial charge in [0.15, 0.2) is 0 Å². The predicted octanol–water partition coefficient (Wildman–Crippen LogP) is 2.60. The molecule has 20 heavy (non-hydrogen) atoms. The van der Waals surface area contributed by atoms with E-state index in [4.69, 9.17) is 5.11 Å². The van der Waals surface area contributed by atoms with Crippen LogP contribution in [0.4, 0.5) is 10.5 Å². The van der Waals surface area contributed by atoms with Gasteiger partial charge in [-0.3, -0.25) is 4.90 Å². The SMILES string of the molecule is CCN(C(=O)N1CCc2ccc(C(=O)O)cc21)C(C)C. The molecule has 0 saturated heterocycles. The first kappa shape index (κ1) is 14.4. The minimum absolute atomic E-state index is 0.0520. The fourth-order valence-electron chi connectivity index (χ4n) is 2.59. The van der Waals surface area contributed by atoms with Crippen molar-refractivity contribution in [1.82, 2.24) is 4.90 Å². The molecule has 0 atom stereocenters. The molecule has 2 rings (SSSR count). The number of carboxylic acids is 1. The van der Waals surface area contributed by atoms with Crippen LogP contribution in [0, 0.1) is 0 Å². The molecule has 1 aliphatic rings. The molecule has 0 aromatic heterocycles. The highest BCUT2D eigenvalue weighted by Gasteiger charge is 2.29. The zero-order chi connectivity index (χ0) is 14.9. The van der Waals surface area contributed by atoms with E-state index in [9.17, 15) is 9.59 Å². The second-order valence-electron chi connectivity index (χ2n) is 5.21. The molecule has 0 aliphatic carbocycles. The number of fused-ring (bicyclic) bond motifs is 1. The second-order valence-corrected chi connectivity index (χ2v) is 5.21. The van der Waals surface area contributed by atoms with Gasteiger partial charge in [-0.1, -0.05) is 6.07 Å². The number of benzene rings is 1. The fourth-order valence-corrected chi connectivity index (χ4v) is 2.59. The zero-order valence-electron chi connectivity index (χ0n) is 12.1. The number of carboxylic acid groups (broad SMARTS) is 1. The molecule has 5 heteroatoms. The lowest BCUT2D eigenvalue weighted by atomic mass is 10.1.